The van der Waals surface area contributed by atoms with Crippen LogP contribution >= 0.6 is 11.3 Å². The zero-order valence-electron chi connectivity index (χ0n) is 23.6. The maximum atomic E-state index is 13.2. The lowest BCUT2D eigenvalue weighted by Gasteiger charge is -2.31. The first kappa shape index (κ1) is 29.1. The first-order valence-electron chi connectivity index (χ1n) is 13.3. The molecule has 12 nitrogen and oxygen atoms in total. The number of nitriles is 1. The first-order valence-corrected chi connectivity index (χ1v) is 14.1. The zero-order chi connectivity index (χ0) is 29.2. The molecule has 2 aromatic heterocycles. The van der Waals surface area contributed by atoms with Gasteiger partial charge in [0.25, 0.3) is 0 Å². The molecule has 2 atom stereocenters. The van der Waals surface area contributed by atoms with Gasteiger partial charge in [-0.15, -0.1) is 11.3 Å². The molecule has 0 unspecified atom stereocenters. The molecule has 3 heterocycles. The lowest BCUT2D eigenvalue weighted by atomic mass is 9.72. The predicted octanol–water partition coefficient (Wildman–Crippen LogP) is 3.29. The average Bonchev–Trinajstić information content (AvgIpc) is 3.10. The Labute approximate surface area is 237 Å². The number of hydrogen-bond acceptors (Lipinski definition) is 11. The molecule has 214 valence electrons. The number of nitrogens with two attached hydrogens (primary N) is 2. The van der Waals surface area contributed by atoms with Crippen LogP contribution in [0.1, 0.15) is 75.7 Å². The fourth-order valence-corrected chi connectivity index (χ4v) is 6.35. The third kappa shape index (κ3) is 5.96. The van der Waals surface area contributed by atoms with Gasteiger partial charge in [0.1, 0.15) is 22.5 Å². The van der Waals surface area contributed by atoms with E-state index < -0.39 is 17.0 Å². The molecule has 0 spiro atoms. The number of nitrogen functional groups attached to an aromatic ring is 1. The monoisotopic (exact) mass is 568 g/mol. The molecule has 0 radical (unpaired) electrons. The summed E-state index contributed by atoms with van der Waals surface area (Å²) in [5.74, 6) is -0.0507. The van der Waals surface area contributed by atoms with Crippen LogP contribution < -0.4 is 16.4 Å². The minimum atomic E-state index is -1.07. The summed E-state index contributed by atoms with van der Waals surface area (Å²) >= 11 is 1.34. The second kappa shape index (κ2) is 11.3. The predicted molar refractivity (Wildman–Crippen MR) is 152 cm³/mol. The molecule has 1 amide bonds. The van der Waals surface area contributed by atoms with E-state index in [1.54, 1.807) is 24.1 Å². The molecule has 0 aromatic carbocycles. The van der Waals surface area contributed by atoms with Crippen LogP contribution in [-0.2, 0) is 26.2 Å². The fourth-order valence-electron chi connectivity index (χ4n) is 5.16. The minimum Gasteiger partial charge on any atom is -0.444 e. The van der Waals surface area contributed by atoms with Crippen molar-refractivity contribution in [2.45, 2.75) is 77.4 Å². The molecule has 0 saturated carbocycles. The molecule has 1 aliphatic heterocycles. The Kier molecular flexibility index (Phi) is 8.20. The van der Waals surface area contributed by atoms with Gasteiger partial charge in [0.2, 0.25) is 11.7 Å². The van der Waals surface area contributed by atoms with Gasteiger partial charge in [-0.2, -0.15) is 5.26 Å². The van der Waals surface area contributed by atoms with Gasteiger partial charge in [0.15, 0.2) is 0 Å². The van der Waals surface area contributed by atoms with Crippen molar-refractivity contribution >= 4 is 40.1 Å². The van der Waals surface area contributed by atoms with Crippen LogP contribution in [0.25, 0.3) is 0 Å². The van der Waals surface area contributed by atoms with Crippen molar-refractivity contribution < 1.29 is 19.2 Å². The number of fused-ring (bicyclic) bond motifs is 1. The van der Waals surface area contributed by atoms with Crippen molar-refractivity contribution in [2.75, 3.05) is 30.3 Å². The van der Waals surface area contributed by atoms with Gasteiger partial charge in [-0.25, -0.2) is 19.6 Å². The summed E-state index contributed by atoms with van der Waals surface area (Å²) in [5.41, 5.74) is 11.5. The largest absolute Gasteiger partial charge is 0.444 e. The molecule has 1 aliphatic carbocycles. The van der Waals surface area contributed by atoms with Crippen molar-refractivity contribution in [2.24, 2.45) is 10.9 Å². The summed E-state index contributed by atoms with van der Waals surface area (Å²) in [6, 6.07) is 3.84. The van der Waals surface area contributed by atoms with Crippen molar-refractivity contribution in [1.82, 2.24) is 14.9 Å². The SMILES string of the molecule is C[C@H]1CN(C(=O)OC(C)(C)C)CCCN1c1ccnc(/C(N)=N/OC(=O)[C@@]2(C)CCCc3sc(N)c(C#N)c32)n1. The highest BCUT2D eigenvalue weighted by Gasteiger charge is 2.45. The Morgan fingerprint density at radius 3 is 2.75 bits per heavy atom. The van der Waals surface area contributed by atoms with Gasteiger partial charge in [-0.05, 0) is 66.4 Å². The number of rotatable bonds is 4. The highest BCUT2D eigenvalue weighted by atomic mass is 32.1. The molecule has 13 heteroatoms. The number of aromatic nitrogens is 2. The minimum absolute atomic E-state index is 0.0541. The maximum absolute atomic E-state index is 13.2. The van der Waals surface area contributed by atoms with Gasteiger partial charge in [0, 0.05) is 42.3 Å². The van der Waals surface area contributed by atoms with Crippen molar-refractivity contribution in [3.05, 3.63) is 34.1 Å². The molecule has 1 saturated heterocycles. The number of nitrogens with zero attached hydrogens (tertiary/aromatic N) is 6. The number of thiophene rings is 1. The van der Waals surface area contributed by atoms with E-state index in [0.29, 0.717) is 48.0 Å². The van der Waals surface area contributed by atoms with Gasteiger partial charge in [0.05, 0.1) is 11.0 Å². The van der Waals surface area contributed by atoms with Gasteiger partial charge >= 0.3 is 12.1 Å². The fraction of sp³-hybridized carbons (Fsp3) is 0.556. The Hall–Kier alpha value is -3.92. The molecule has 2 aliphatic rings. The summed E-state index contributed by atoms with van der Waals surface area (Å²) in [7, 11) is 0. The molecular formula is C27H36N8O4S. The number of carbonyl (C=O) groups excluding carboxylic acids is 2. The summed E-state index contributed by atoms with van der Waals surface area (Å²) < 4.78 is 5.55. The third-order valence-electron chi connectivity index (χ3n) is 7.09. The van der Waals surface area contributed by atoms with E-state index >= 15 is 0 Å². The summed E-state index contributed by atoms with van der Waals surface area (Å²) in [6.07, 6.45) is 3.96. The molecular weight excluding hydrogens is 532 g/mol. The standard InChI is InChI=1S/C27H36N8O4S/c1-16-15-34(25(37)38-26(2,3)4)12-7-13-35(16)19-9-11-31-23(32-19)21(29)33-39-24(36)27(5)10-6-8-18-20(27)17(14-28)22(30)40-18/h9,11,16H,6-8,10,12-13,15,30H2,1-5H3,(H2,29,33)/t16-,27-/m0/s1. The maximum Gasteiger partial charge on any atom is 0.410 e. The molecule has 0 bridgehead atoms. The summed E-state index contributed by atoms with van der Waals surface area (Å²) in [4.78, 5) is 44.7. The van der Waals surface area contributed by atoms with Crippen molar-refractivity contribution in [3.8, 4) is 6.07 Å². The number of carbonyl (C=O) groups is 2. The molecule has 1 fully saturated rings. The Morgan fingerprint density at radius 2 is 2.05 bits per heavy atom. The number of ether oxygens (including phenoxy) is 1. The first-order chi connectivity index (χ1) is 18.8. The second-order valence-corrected chi connectivity index (χ2v) is 12.5. The highest BCUT2D eigenvalue weighted by molar-refractivity contribution is 7.16. The van der Waals surface area contributed by atoms with Gasteiger partial charge in [-0.3, -0.25) is 0 Å². The van der Waals surface area contributed by atoms with E-state index in [2.05, 4.69) is 26.1 Å². The number of hydrogen-bond donors (Lipinski definition) is 2. The number of anilines is 2. The van der Waals surface area contributed by atoms with Crippen LogP contribution in [0.2, 0.25) is 0 Å². The van der Waals surface area contributed by atoms with Crippen molar-refractivity contribution in [3.63, 3.8) is 0 Å². The number of oxime groups is 1. The Balaban J connectivity index is 1.48. The van der Waals surface area contributed by atoms with E-state index in [1.807, 2.05) is 27.7 Å². The lowest BCUT2D eigenvalue weighted by Crippen LogP contribution is -2.43. The second-order valence-electron chi connectivity index (χ2n) is 11.4. The normalized spacial score (nSPS) is 21.7. The van der Waals surface area contributed by atoms with Crippen LogP contribution in [0.4, 0.5) is 15.6 Å². The number of aryl methyl sites for hydroxylation is 1. The lowest BCUT2D eigenvalue weighted by molar-refractivity contribution is -0.150. The zero-order valence-corrected chi connectivity index (χ0v) is 24.4. The molecule has 4 N–H and O–H groups in total. The van der Waals surface area contributed by atoms with Gasteiger partial charge < -0.3 is 30.8 Å². The van der Waals surface area contributed by atoms with E-state index in [1.165, 1.54) is 11.3 Å². The van der Waals surface area contributed by atoms with Gasteiger partial charge in [-0.1, -0.05) is 5.16 Å². The molecule has 2 aromatic rings. The van der Waals surface area contributed by atoms with Crippen LogP contribution in [0.5, 0.6) is 0 Å². The summed E-state index contributed by atoms with van der Waals surface area (Å²) in [5, 5.41) is 13.9. The quantitative estimate of drug-likeness (QED) is 0.241. The average molecular weight is 569 g/mol. The Morgan fingerprint density at radius 1 is 1.30 bits per heavy atom. The van der Waals surface area contributed by atoms with E-state index in [-0.39, 0.29) is 23.8 Å². The van der Waals surface area contributed by atoms with Crippen molar-refractivity contribution in [1.29, 1.82) is 5.26 Å². The Bertz CT molecular complexity index is 1360. The van der Waals surface area contributed by atoms with Crippen LogP contribution in [0.15, 0.2) is 17.4 Å². The smallest absolute Gasteiger partial charge is 0.410 e. The molecule has 4 rings (SSSR count). The van der Waals surface area contributed by atoms with Crippen LogP contribution in [0.3, 0.4) is 0 Å². The number of amidine groups is 1. The summed E-state index contributed by atoms with van der Waals surface area (Å²) in [6.45, 7) is 11.0. The molecule has 40 heavy (non-hydrogen) atoms. The van der Waals surface area contributed by atoms with E-state index in [4.69, 9.17) is 21.0 Å². The highest BCUT2D eigenvalue weighted by Crippen LogP contribution is 2.46. The topological polar surface area (TPSA) is 173 Å². The van der Waals surface area contributed by atoms with Crippen LogP contribution in [0, 0.1) is 11.3 Å². The third-order valence-corrected chi connectivity index (χ3v) is 8.17. The van der Waals surface area contributed by atoms with E-state index in [0.717, 1.165) is 24.1 Å². The van der Waals surface area contributed by atoms with Crippen LogP contribution in [-0.4, -0.2) is 64.0 Å². The number of amides is 1. The van der Waals surface area contributed by atoms with E-state index in [9.17, 15) is 14.9 Å².